The number of ether oxygens (including phenoxy) is 1. The molecule has 1 aliphatic carbocycles. The number of nitrogens with two attached hydrogens (primary N) is 1. The van der Waals surface area contributed by atoms with Gasteiger partial charge in [0, 0.05) is 6.54 Å². The van der Waals surface area contributed by atoms with Crippen LogP contribution >= 0.6 is 0 Å². The Kier molecular flexibility index (Phi) is 4.06. The van der Waals surface area contributed by atoms with Crippen molar-refractivity contribution in [1.82, 2.24) is 5.32 Å². The van der Waals surface area contributed by atoms with Crippen molar-refractivity contribution in [1.29, 1.82) is 0 Å². The molecule has 0 bridgehead atoms. The van der Waals surface area contributed by atoms with Crippen LogP contribution in [0, 0.1) is 5.92 Å². The molecule has 1 aromatic carbocycles. The van der Waals surface area contributed by atoms with Gasteiger partial charge in [0.15, 0.2) is 6.61 Å². The van der Waals surface area contributed by atoms with Crippen molar-refractivity contribution in [2.45, 2.75) is 17.7 Å². The topological polar surface area (TPSA) is 98.5 Å². The second-order valence-electron chi connectivity index (χ2n) is 4.55. The molecule has 7 heteroatoms. The summed E-state index contributed by atoms with van der Waals surface area (Å²) in [5, 5.41) is 7.74. The first-order valence-corrected chi connectivity index (χ1v) is 7.52. The maximum atomic E-state index is 11.4. The fourth-order valence-electron chi connectivity index (χ4n) is 1.51. The molecule has 1 aromatic rings. The second-order valence-corrected chi connectivity index (χ2v) is 6.11. The number of amides is 1. The summed E-state index contributed by atoms with van der Waals surface area (Å²) in [6.45, 7) is 0.619. The van der Waals surface area contributed by atoms with Crippen LogP contribution in [0.1, 0.15) is 12.8 Å². The van der Waals surface area contributed by atoms with E-state index in [1.165, 1.54) is 37.1 Å². The average Bonchev–Trinajstić information content (AvgIpc) is 3.17. The van der Waals surface area contributed by atoms with Crippen LogP contribution in [0.2, 0.25) is 0 Å². The molecule has 1 amide bonds. The van der Waals surface area contributed by atoms with E-state index < -0.39 is 10.0 Å². The molecular formula is C12H16N2O4S. The lowest BCUT2D eigenvalue weighted by molar-refractivity contribution is -0.123. The van der Waals surface area contributed by atoms with E-state index in [1.54, 1.807) is 0 Å². The first-order chi connectivity index (χ1) is 8.95. The van der Waals surface area contributed by atoms with Crippen molar-refractivity contribution in [2.24, 2.45) is 11.1 Å². The van der Waals surface area contributed by atoms with Crippen molar-refractivity contribution in [2.75, 3.05) is 13.2 Å². The summed E-state index contributed by atoms with van der Waals surface area (Å²) >= 11 is 0. The molecule has 0 atom stereocenters. The van der Waals surface area contributed by atoms with Crippen LogP contribution in [0.3, 0.4) is 0 Å². The summed E-state index contributed by atoms with van der Waals surface area (Å²) < 4.78 is 27.3. The van der Waals surface area contributed by atoms with Crippen LogP contribution in [-0.4, -0.2) is 27.5 Å². The number of hydrogen-bond acceptors (Lipinski definition) is 4. The minimum atomic E-state index is -3.70. The fourth-order valence-corrected chi connectivity index (χ4v) is 2.02. The summed E-state index contributed by atoms with van der Waals surface area (Å²) in [5.74, 6) is 0.870. The number of carbonyl (C=O) groups excluding carboxylic acids is 1. The minimum Gasteiger partial charge on any atom is -0.484 e. The Morgan fingerprint density at radius 2 is 1.95 bits per heavy atom. The zero-order chi connectivity index (χ0) is 13.9. The molecule has 0 heterocycles. The van der Waals surface area contributed by atoms with E-state index in [1.807, 2.05) is 0 Å². The molecule has 2 rings (SSSR count). The quantitative estimate of drug-likeness (QED) is 0.781. The highest BCUT2D eigenvalue weighted by Crippen LogP contribution is 2.27. The van der Waals surface area contributed by atoms with Crippen molar-refractivity contribution >= 4 is 15.9 Å². The van der Waals surface area contributed by atoms with Gasteiger partial charge in [0.1, 0.15) is 5.75 Å². The maximum absolute atomic E-state index is 11.4. The number of nitrogens with one attached hydrogen (secondary N) is 1. The van der Waals surface area contributed by atoms with E-state index in [2.05, 4.69) is 5.32 Å². The van der Waals surface area contributed by atoms with Crippen LogP contribution in [0.5, 0.6) is 5.75 Å². The van der Waals surface area contributed by atoms with Crippen LogP contribution in [0.15, 0.2) is 29.2 Å². The number of primary sulfonamides is 1. The van der Waals surface area contributed by atoms with Gasteiger partial charge in [-0.3, -0.25) is 4.79 Å². The zero-order valence-corrected chi connectivity index (χ0v) is 11.2. The van der Waals surface area contributed by atoms with Crippen LogP contribution < -0.4 is 15.2 Å². The SMILES string of the molecule is NS(=O)(=O)c1ccc(OCC(=O)NCC2CC2)cc1. The van der Waals surface area contributed by atoms with E-state index >= 15 is 0 Å². The number of rotatable bonds is 6. The Hall–Kier alpha value is -1.60. The molecular weight excluding hydrogens is 268 g/mol. The molecule has 1 saturated carbocycles. The minimum absolute atomic E-state index is 0.0121. The summed E-state index contributed by atoms with van der Waals surface area (Å²) in [5.41, 5.74) is 0. The van der Waals surface area contributed by atoms with Gasteiger partial charge in [-0.1, -0.05) is 0 Å². The summed E-state index contributed by atoms with van der Waals surface area (Å²) in [6, 6.07) is 5.61. The monoisotopic (exact) mass is 284 g/mol. The van der Waals surface area contributed by atoms with Crippen molar-refractivity contribution in [3.63, 3.8) is 0 Å². The summed E-state index contributed by atoms with van der Waals surface area (Å²) in [6.07, 6.45) is 2.35. The van der Waals surface area contributed by atoms with Crippen LogP contribution in [0.4, 0.5) is 0 Å². The third kappa shape index (κ3) is 4.53. The molecule has 0 unspecified atom stereocenters. The van der Waals surface area contributed by atoms with E-state index in [9.17, 15) is 13.2 Å². The maximum Gasteiger partial charge on any atom is 0.257 e. The summed E-state index contributed by atoms with van der Waals surface area (Å²) in [7, 11) is -3.70. The molecule has 0 aromatic heterocycles. The molecule has 3 N–H and O–H groups in total. The van der Waals surface area contributed by atoms with E-state index in [0.717, 1.165) is 0 Å². The highest BCUT2D eigenvalue weighted by Gasteiger charge is 2.21. The van der Waals surface area contributed by atoms with Gasteiger partial charge >= 0.3 is 0 Å². The molecule has 1 aliphatic rings. The predicted molar refractivity (Wildman–Crippen MR) is 69.0 cm³/mol. The van der Waals surface area contributed by atoms with E-state index in [4.69, 9.17) is 9.88 Å². The summed E-state index contributed by atoms with van der Waals surface area (Å²) in [4.78, 5) is 11.4. The normalized spacial score (nSPS) is 15.0. The Morgan fingerprint density at radius 1 is 1.32 bits per heavy atom. The average molecular weight is 284 g/mol. The lowest BCUT2D eigenvalue weighted by atomic mass is 10.3. The first kappa shape index (κ1) is 13.8. The van der Waals surface area contributed by atoms with Crippen LogP contribution in [0.25, 0.3) is 0 Å². The Labute approximate surface area is 112 Å². The van der Waals surface area contributed by atoms with Crippen LogP contribution in [-0.2, 0) is 14.8 Å². The van der Waals surface area contributed by atoms with Crippen molar-refractivity contribution < 1.29 is 17.9 Å². The van der Waals surface area contributed by atoms with Gasteiger partial charge in [-0.2, -0.15) is 0 Å². The second kappa shape index (κ2) is 5.58. The fraction of sp³-hybridized carbons (Fsp3) is 0.417. The first-order valence-electron chi connectivity index (χ1n) is 5.97. The molecule has 0 spiro atoms. The Bertz CT molecular complexity index is 550. The van der Waals surface area contributed by atoms with Gasteiger partial charge in [0.25, 0.3) is 5.91 Å². The van der Waals surface area contributed by atoms with Gasteiger partial charge in [-0.15, -0.1) is 0 Å². The molecule has 0 saturated heterocycles. The largest absolute Gasteiger partial charge is 0.484 e. The molecule has 19 heavy (non-hydrogen) atoms. The molecule has 6 nitrogen and oxygen atoms in total. The molecule has 0 aliphatic heterocycles. The molecule has 1 fully saturated rings. The highest BCUT2D eigenvalue weighted by atomic mass is 32.2. The third-order valence-electron chi connectivity index (χ3n) is 2.81. The predicted octanol–water partition coefficient (Wildman–Crippen LogP) is 0.239. The van der Waals surface area contributed by atoms with Gasteiger partial charge < -0.3 is 10.1 Å². The van der Waals surface area contributed by atoms with E-state index in [-0.39, 0.29) is 17.4 Å². The van der Waals surface area contributed by atoms with Crippen molar-refractivity contribution in [3.8, 4) is 5.75 Å². The van der Waals surface area contributed by atoms with Gasteiger partial charge in [-0.25, -0.2) is 13.6 Å². The highest BCUT2D eigenvalue weighted by molar-refractivity contribution is 7.89. The number of benzene rings is 1. The number of sulfonamides is 1. The van der Waals surface area contributed by atoms with E-state index in [0.29, 0.717) is 18.2 Å². The Balaban J connectivity index is 1.80. The van der Waals surface area contributed by atoms with Gasteiger partial charge in [-0.05, 0) is 43.0 Å². The Morgan fingerprint density at radius 3 is 2.47 bits per heavy atom. The number of carbonyl (C=O) groups is 1. The van der Waals surface area contributed by atoms with Gasteiger partial charge in [0.05, 0.1) is 4.90 Å². The standard InChI is InChI=1S/C12H16N2O4S/c13-19(16,17)11-5-3-10(4-6-11)18-8-12(15)14-7-9-1-2-9/h3-6,9H,1-2,7-8H2,(H,14,15)(H2,13,16,17). The molecule has 104 valence electrons. The molecule has 0 radical (unpaired) electrons. The number of hydrogen-bond donors (Lipinski definition) is 2. The smallest absolute Gasteiger partial charge is 0.257 e. The lowest BCUT2D eigenvalue weighted by Crippen LogP contribution is -2.30. The zero-order valence-electron chi connectivity index (χ0n) is 10.3. The lowest BCUT2D eigenvalue weighted by Gasteiger charge is -2.07. The third-order valence-corrected chi connectivity index (χ3v) is 3.74. The van der Waals surface area contributed by atoms with Gasteiger partial charge in [0.2, 0.25) is 10.0 Å². The van der Waals surface area contributed by atoms with Crippen molar-refractivity contribution in [3.05, 3.63) is 24.3 Å².